The molecule has 1 unspecified atom stereocenters. The molecule has 2 aromatic carbocycles. The molecule has 0 radical (unpaired) electrons. The zero-order valence-corrected chi connectivity index (χ0v) is 17.0. The fraction of sp³-hybridized carbons (Fsp3) is 0.304. The van der Waals surface area contributed by atoms with Gasteiger partial charge in [0.15, 0.2) is 0 Å². The molecule has 2 heterocycles. The summed E-state index contributed by atoms with van der Waals surface area (Å²) in [6.45, 7) is 5.16. The van der Waals surface area contributed by atoms with Gasteiger partial charge < -0.3 is 14.5 Å². The van der Waals surface area contributed by atoms with Crippen molar-refractivity contribution < 1.29 is 9.47 Å². The zero-order valence-electron chi connectivity index (χ0n) is 17.0. The number of H-pyrrole nitrogens is 2. The third kappa shape index (κ3) is 4.32. The molecule has 0 amide bonds. The van der Waals surface area contributed by atoms with Crippen molar-refractivity contribution in [3.63, 3.8) is 0 Å². The second kappa shape index (κ2) is 8.49. The first-order valence-corrected chi connectivity index (χ1v) is 9.90. The molecule has 6 nitrogen and oxygen atoms in total. The van der Waals surface area contributed by atoms with Gasteiger partial charge in [-0.25, -0.2) is 4.98 Å². The summed E-state index contributed by atoms with van der Waals surface area (Å²) in [5.74, 6) is 3.39. The third-order valence-corrected chi connectivity index (χ3v) is 5.16. The Morgan fingerprint density at radius 2 is 1.79 bits per heavy atom. The average Bonchev–Trinajstić information content (AvgIpc) is 3.38. The van der Waals surface area contributed by atoms with Gasteiger partial charge in [0.1, 0.15) is 17.3 Å². The molecular formula is C23H26N4O2. The van der Waals surface area contributed by atoms with Crippen LogP contribution in [0.4, 0.5) is 0 Å². The molecule has 0 aliphatic carbocycles. The van der Waals surface area contributed by atoms with Crippen LogP contribution in [0.2, 0.25) is 0 Å². The van der Waals surface area contributed by atoms with Crippen LogP contribution in [0.25, 0.3) is 22.3 Å². The van der Waals surface area contributed by atoms with Crippen LogP contribution < -0.4 is 4.74 Å². The predicted octanol–water partition coefficient (Wildman–Crippen LogP) is 5.52. The van der Waals surface area contributed by atoms with Gasteiger partial charge >= 0.3 is 0 Å². The van der Waals surface area contributed by atoms with Crippen LogP contribution in [0.3, 0.4) is 0 Å². The lowest BCUT2D eigenvalue weighted by Crippen LogP contribution is -2.11. The van der Waals surface area contributed by atoms with E-state index in [1.807, 2.05) is 48.5 Å². The van der Waals surface area contributed by atoms with Gasteiger partial charge in [0, 0.05) is 31.9 Å². The number of rotatable bonds is 8. The Kier molecular flexibility index (Phi) is 5.62. The lowest BCUT2D eigenvalue weighted by Gasteiger charge is -2.17. The van der Waals surface area contributed by atoms with E-state index in [9.17, 15) is 0 Å². The van der Waals surface area contributed by atoms with Gasteiger partial charge in [-0.2, -0.15) is 5.10 Å². The number of nitrogens with one attached hydrogen (secondary N) is 2. The van der Waals surface area contributed by atoms with Crippen LogP contribution in [0, 0.1) is 5.92 Å². The number of hydrogen-bond donors (Lipinski definition) is 2. The van der Waals surface area contributed by atoms with Crippen LogP contribution in [0.5, 0.6) is 11.5 Å². The molecule has 0 saturated carbocycles. The Morgan fingerprint density at radius 3 is 2.48 bits per heavy atom. The van der Waals surface area contributed by atoms with Crippen molar-refractivity contribution in [1.82, 2.24) is 20.2 Å². The summed E-state index contributed by atoms with van der Waals surface area (Å²) in [6, 6.07) is 15.8. The highest BCUT2D eigenvalue weighted by Gasteiger charge is 2.19. The highest BCUT2D eigenvalue weighted by atomic mass is 16.5. The molecule has 150 valence electrons. The first-order chi connectivity index (χ1) is 14.1. The van der Waals surface area contributed by atoms with E-state index >= 15 is 0 Å². The Balaban J connectivity index is 1.53. The molecule has 2 N–H and O–H groups in total. The second-order valence-electron chi connectivity index (χ2n) is 7.53. The minimum atomic E-state index is 0.335. The Morgan fingerprint density at radius 1 is 1.00 bits per heavy atom. The highest BCUT2D eigenvalue weighted by Crippen LogP contribution is 2.30. The quantitative estimate of drug-likeness (QED) is 0.415. The van der Waals surface area contributed by atoms with Crippen molar-refractivity contribution in [3.8, 4) is 22.8 Å². The van der Waals surface area contributed by atoms with Crippen LogP contribution in [0.15, 0.2) is 54.7 Å². The maximum Gasteiger partial charge on any atom is 0.129 e. The molecule has 29 heavy (non-hydrogen) atoms. The van der Waals surface area contributed by atoms with Gasteiger partial charge in [-0.1, -0.05) is 13.8 Å². The monoisotopic (exact) mass is 390 g/mol. The van der Waals surface area contributed by atoms with E-state index in [-0.39, 0.29) is 0 Å². The maximum atomic E-state index is 6.05. The van der Waals surface area contributed by atoms with E-state index in [4.69, 9.17) is 14.5 Å². The van der Waals surface area contributed by atoms with Gasteiger partial charge in [-0.05, 0) is 60.4 Å². The molecule has 2 aromatic heterocycles. The van der Waals surface area contributed by atoms with Crippen LogP contribution in [0.1, 0.15) is 32.0 Å². The lowest BCUT2D eigenvalue weighted by molar-refractivity contribution is 0.179. The Labute approximate surface area is 170 Å². The summed E-state index contributed by atoms with van der Waals surface area (Å²) in [6.07, 6.45) is 2.69. The number of imidazole rings is 1. The molecule has 6 heteroatoms. The molecule has 0 fully saturated rings. The number of aromatic amines is 2. The van der Waals surface area contributed by atoms with Gasteiger partial charge in [-0.15, -0.1) is 0 Å². The molecule has 0 aliphatic heterocycles. The van der Waals surface area contributed by atoms with Crippen molar-refractivity contribution in [2.75, 3.05) is 13.7 Å². The third-order valence-electron chi connectivity index (χ3n) is 5.16. The SMILES string of the molecule is COCCC(c1nc2ccc(Oc3ccc(-c4ccn[nH]4)cc3)cc2[nH]1)C(C)C. The summed E-state index contributed by atoms with van der Waals surface area (Å²) in [5, 5.41) is 6.95. The predicted molar refractivity (Wildman–Crippen MR) is 114 cm³/mol. The number of aromatic nitrogens is 4. The van der Waals surface area contributed by atoms with Gasteiger partial charge in [0.05, 0.1) is 16.7 Å². The van der Waals surface area contributed by atoms with E-state index in [2.05, 4.69) is 29.0 Å². The van der Waals surface area contributed by atoms with Crippen molar-refractivity contribution in [2.24, 2.45) is 5.92 Å². The number of methoxy groups -OCH3 is 1. The largest absolute Gasteiger partial charge is 0.457 e. The topological polar surface area (TPSA) is 75.8 Å². The maximum absolute atomic E-state index is 6.05. The van der Waals surface area contributed by atoms with Crippen LogP contribution in [-0.4, -0.2) is 33.9 Å². The van der Waals surface area contributed by atoms with Crippen molar-refractivity contribution in [3.05, 3.63) is 60.6 Å². The van der Waals surface area contributed by atoms with E-state index in [0.717, 1.165) is 52.6 Å². The molecule has 0 aliphatic rings. The molecule has 0 bridgehead atoms. The molecule has 4 aromatic rings. The highest BCUT2D eigenvalue weighted by molar-refractivity contribution is 5.77. The van der Waals surface area contributed by atoms with Gasteiger partial charge in [0.25, 0.3) is 0 Å². The van der Waals surface area contributed by atoms with Crippen molar-refractivity contribution >= 4 is 11.0 Å². The Bertz CT molecular complexity index is 1050. The van der Waals surface area contributed by atoms with E-state index in [1.165, 1.54) is 0 Å². The lowest BCUT2D eigenvalue weighted by atomic mass is 9.92. The molecule has 4 rings (SSSR count). The van der Waals surface area contributed by atoms with Crippen LogP contribution in [-0.2, 0) is 4.74 Å². The van der Waals surface area contributed by atoms with E-state index < -0.39 is 0 Å². The minimum Gasteiger partial charge on any atom is -0.457 e. The summed E-state index contributed by atoms with van der Waals surface area (Å²) < 4.78 is 11.3. The van der Waals surface area contributed by atoms with E-state index in [1.54, 1.807) is 13.3 Å². The van der Waals surface area contributed by atoms with E-state index in [0.29, 0.717) is 11.8 Å². The van der Waals surface area contributed by atoms with Crippen molar-refractivity contribution in [2.45, 2.75) is 26.2 Å². The minimum absolute atomic E-state index is 0.335. The second-order valence-corrected chi connectivity index (χ2v) is 7.53. The van der Waals surface area contributed by atoms with Crippen molar-refractivity contribution in [1.29, 1.82) is 0 Å². The first-order valence-electron chi connectivity index (χ1n) is 9.90. The average molecular weight is 390 g/mol. The first kappa shape index (κ1) is 19.2. The smallest absolute Gasteiger partial charge is 0.129 e. The number of benzene rings is 2. The van der Waals surface area contributed by atoms with Gasteiger partial charge in [-0.3, -0.25) is 5.10 Å². The molecule has 1 atom stereocenters. The number of hydrogen-bond acceptors (Lipinski definition) is 4. The number of fused-ring (bicyclic) bond motifs is 1. The molecule has 0 saturated heterocycles. The normalized spacial score (nSPS) is 12.6. The fourth-order valence-electron chi connectivity index (χ4n) is 3.53. The summed E-state index contributed by atoms with van der Waals surface area (Å²) in [7, 11) is 1.74. The standard InChI is InChI=1S/C23H26N4O2/c1-15(2)19(11-13-28-3)23-25-21-9-8-18(14-22(21)26-23)29-17-6-4-16(5-7-17)20-10-12-24-27-20/h4-10,12,14-15,19H,11,13H2,1-3H3,(H,24,27)(H,25,26). The molecule has 0 spiro atoms. The summed E-state index contributed by atoms with van der Waals surface area (Å²) in [5.41, 5.74) is 3.98. The number of ether oxygens (including phenoxy) is 2. The van der Waals surface area contributed by atoms with Crippen LogP contribution >= 0.6 is 0 Å². The molecular weight excluding hydrogens is 364 g/mol. The Hall–Kier alpha value is -3.12. The summed E-state index contributed by atoms with van der Waals surface area (Å²) >= 11 is 0. The zero-order chi connectivity index (χ0) is 20.2. The number of nitrogens with zero attached hydrogens (tertiary/aromatic N) is 2. The summed E-state index contributed by atoms with van der Waals surface area (Å²) in [4.78, 5) is 8.28. The van der Waals surface area contributed by atoms with Gasteiger partial charge in [0.2, 0.25) is 0 Å². The fourth-order valence-corrected chi connectivity index (χ4v) is 3.53.